The highest BCUT2D eigenvalue weighted by atomic mass is 16.5. The molecule has 0 bridgehead atoms. The van der Waals surface area contributed by atoms with E-state index in [1.165, 1.54) is 0 Å². The Bertz CT molecular complexity index is 471. The lowest BCUT2D eigenvalue weighted by Gasteiger charge is -2.12. The molecule has 3 heteroatoms. The standard InChI is InChI=1S/C14H15NO2/c1-11-3-2-4-13(9-11)17-10-14(16)12-5-7-15-8-6-12/h2-9,14,16H,10H2,1H3. The molecule has 1 atom stereocenters. The van der Waals surface area contributed by atoms with E-state index in [1.807, 2.05) is 31.2 Å². The molecule has 0 fully saturated rings. The Kier molecular flexibility index (Phi) is 3.73. The van der Waals surface area contributed by atoms with Crippen LogP contribution in [0.25, 0.3) is 0 Å². The number of rotatable bonds is 4. The quantitative estimate of drug-likeness (QED) is 0.875. The molecule has 0 aliphatic carbocycles. The van der Waals surface area contributed by atoms with E-state index in [4.69, 9.17) is 4.74 Å². The number of pyridine rings is 1. The van der Waals surface area contributed by atoms with Gasteiger partial charge < -0.3 is 9.84 Å². The maximum Gasteiger partial charge on any atom is 0.119 e. The average molecular weight is 229 g/mol. The van der Waals surface area contributed by atoms with Gasteiger partial charge in [-0.15, -0.1) is 0 Å². The number of aryl methyl sites for hydroxylation is 1. The molecule has 0 spiro atoms. The smallest absolute Gasteiger partial charge is 0.119 e. The predicted octanol–water partition coefficient (Wildman–Crippen LogP) is 2.50. The topological polar surface area (TPSA) is 42.4 Å². The number of ether oxygens (including phenoxy) is 1. The van der Waals surface area contributed by atoms with Gasteiger partial charge in [0.25, 0.3) is 0 Å². The Balaban J connectivity index is 1.95. The highest BCUT2D eigenvalue weighted by Crippen LogP contribution is 2.16. The Labute approximate surface area is 101 Å². The van der Waals surface area contributed by atoms with Crippen LogP contribution in [-0.4, -0.2) is 16.7 Å². The lowest BCUT2D eigenvalue weighted by Crippen LogP contribution is -2.09. The fourth-order valence-electron chi connectivity index (χ4n) is 1.56. The number of hydrogen-bond donors (Lipinski definition) is 1. The van der Waals surface area contributed by atoms with Gasteiger partial charge in [-0.1, -0.05) is 12.1 Å². The van der Waals surface area contributed by atoms with Gasteiger partial charge in [-0.05, 0) is 42.3 Å². The molecule has 0 radical (unpaired) electrons. The molecular formula is C14H15NO2. The van der Waals surface area contributed by atoms with Crippen LogP contribution in [0.5, 0.6) is 5.75 Å². The van der Waals surface area contributed by atoms with E-state index in [2.05, 4.69) is 4.98 Å². The molecule has 1 aromatic carbocycles. The van der Waals surface area contributed by atoms with Crippen LogP contribution in [0.3, 0.4) is 0 Å². The third-order valence-electron chi connectivity index (χ3n) is 2.49. The van der Waals surface area contributed by atoms with E-state index in [0.29, 0.717) is 0 Å². The molecule has 0 aliphatic rings. The first-order valence-corrected chi connectivity index (χ1v) is 5.53. The van der Waals surface area contributed by atoms with E-state index < -0.39 is 6.10 Å². The SMILES string of the molecule is Cc1cccc(OCC(O)c2ccncc2)c1. The maximum absolute atomic E-state index is 9.90. The molecule has 3 nitrogen and oxygen atoms in total. The van der Waals surface area contributed by atoms with Crippen LogP contribution >= 0.6 is 0 Å². The molecule has 88 valence electrons. The van der Waals surface area contributed by atoms with Crippen LogP contribution < -0.4 is 4.74 Å². The van der Waals surface area contributed by atoms with Gasteiger partial charge in [0, 0.05) is 12.4 Å². The first-order valence-electron chi connectivity index (χ1n) is 5.53. The van der Waals surface area contributed by atoms with Crippen molar-refractivity contribution in [2.24, 2.45) is 0 Å². The lowest BCUT2D eigenvalue weighted by molar-refractivity contribution is 0.108. The van der Waals surface area contributed by atoms with Gasteiger partial charge in [-0.25, -0.2) is 0 Å². The summed E-state index contributed by atoms with van der Waals surface area (Å²) in [4.78, 5) is 3.91. The predicted molar refractivity (Wildman–Crippen MR) is 65.9 cm³/mol. The van der Waals surface area contributed by atoms with Crippen molar-refractivity contribution in [2.45, 2.75) is 13.0 Å². The summed E-state index contributed by atoms with van der Waals surface area (Å²) in [5.41, 5.74) is 1.95. The zero-order valence-electron chi connectivity index (χ0n) is 9.71. The van der Waals surface area contributed by atoms with Crippen LogP contribution in [-0.2, 0) is 0 Å². The van der Waals surface area contributed by atoms with Crippen molar-refractivity contribution in [3.63, 3.8) is 0 Å². The van der Waals surface area contributed by atoms with Crippen molar-refractivity contribution in [3.05, 3.63) is 59.9 Å². The fraction of sp³-hybridized carbons (Fsp3) is 0.214. The Morgan fingerprint density at radius 1 is 1.24 bits per heavy atom. The highest BCUT2D eigenvalue weighted by molar-refractivity contribution is 5.27. The van der Waals surface area contributed by atoms with Gasteiger partial charge in [0.15, 0.2) is 0 Å². The molecule has 2 aromatic rings. The summed E-state index contributed by atoms with van der Waals surface area (Å²) in [5.74, 6) is 0.776. The second-order valence-electron chi connectivity index (χ2n) is 3.92. The fourth-order valence-corrected chi connectivity index (χ4v) is 1.56. The first-order chi connectivity index (χ1) is 8.25. The highest BCUT2D eigenvalue weighted by Gasteiger charge is 2.07. The van der Waals surface area contributed by atoms with Crippen LogP contribution in [0, 0.1) is 6.92 Å². The third kappa shape index (κ3) is 3.29. The summed E-state index contributed by atoms with van der Waals surface area (Å²) in [7, 11) is 0. The van der Waals surface area contributed by atoms with Gasteiger partial charge in [0.05, 0.1) is 0 Å². The monoisotopic (exact) mass is 229 g/mol. The summed E-state index contributed by atoms with van der Waals surface area (Å²) in [5, 5.41) is 9.90. The number of aromatic nitrogens is 1. The third-order valence-corrected chi connectivity index (χ3v) is 2.49. The molecule has 17 heavy (non-hydrogen) atoms. The minimum Gasteiger partial charge on any atom is -0.491 e. The van der Waals surface area contributed by atoms with E-state index >= 15 is 0 Å². The Hall–Kier alpha value is -1.87. The summed E-state index contributed by atoms with van der Waals surface area (Å²) in [6.07, 6.45) is 2.69. The van der Waals surface area contributed by atoms with E-state index in [1.54, 1.807) is 24.5 Å². The van der Waals surface area contributed by atoms with Crippen molar-refractivity contribution < 1.29 is 9.84 Å². The van der Waals surface area contributed by atoms with Crippen molar-refractivity contribution >= 4 is 0 Å². The van der Waals surface area contributed by atoms with Crippen LogP contribution in [0.2, 0.25) is 0 Å². The first kappa shape index (κ1) is 11.6. The number of hydrogen-bond acceptors (Lipinski definition) is 3. The minimum atomic E-state index is -0.626. The molecule has 1 unspecified atom stereocenters. The number of benzene rings is 1. The zero-order chi connectivity index (χ0) is 12.1. The number of aliphatic hydroxyl groups is 1. The van der Waals surface area contributed by atoms with Crippen LogP contribution in [0.15, 0.2) is 48.8 Å². The molecule has 0 amide bonds. The maximum atomic E-state index is 9.90. The molecule has 2 rings (SSSR count). The summed E-state index contributed by atoms with van der Waals surface area (Å²) in [6.45, 7) is 2.25. The largest absolute Gasteiger partial charge is 0.491 e. The van der Waals surface area contributed by atoms with Crippen LogP contribution in [0.1, 0.15) is 17.2 Å². The average Bonchev–Trinajstić information content (AvgIpc) is 2.37. The zero-order valence-corrected chi connectivity index (χ0v) is 9.71. The van der Waals surface area contributed by atoms with Gasteiger partial charge in [-0.3, -0.25) is 4.98 Å². The molecule has 0 saturated heterocycles. The minimum absolute atomic E-state index is 0.244. The summed E-state index contributed by atoms with van der Waals surface area (Å²) < 4.78 is 5.53. The second-order valence-corrected chi connectivity index (χ2v) is 3.92. The lowest BCUT2D eigenvalue weighted by atomic mass is 10.1. The second kappa shape index (κ2) is 5.46. The van der Waals surface area contributed by atoms with E-state index in [-0.39, 0.29) is 6.61 Å². The Morgan fingerprint density at radius 3 is 2.71 bits per heavy atom. The number of nitrogens with zero attached hydrogens (tertiary/aromatic N) is 1. The van der Waals surface area contributed by atoms with Crippen molar-refractivity contribution in [1.29, 1.82) is 0 Å². The van der Waals surface area contributed by atoms with Crippen LogP contribution in [0.4, 0.5) is 0 Å². The van der Waals surface area contributed by atoms with Crippen molar-refractivity contribution in [3.8, 4) is 5.75 Å². The van der Waals surface area contributed by atoms with Gasteiger partial charge >= 0.3 is 0 Å². The van der Waals surface area contributed by atoms with Crippen molar-refractivity contribution in [1.82, 2.24) is 4.98 Å². The molecule has 0 aliphatic heterocycles. The van der Waals surface area contributed by atoms with Gasteiger partial charge in [0.1, 0.15) is 18.5 Å². The molecular weight excluding hydrogens is 214 g/mol. The normalized spacial score (nSPS) is 12.1. The summed E-state index contributed by atoms with van der Waals surface area (Å²) in [6, 6.07) is 11.3. The van der Waals surface area contributed by atoms with Gasteiger partial charge in [0.2, 0.25) is 0 Å². The van der Waals surface area contributed by atoms with Crippen molar-refractivity contribution in [2.75, 3.05) is 6.61 Å². The van der Waals surface area contributed by atoms with E-state index in [0.717, 1.165) is 16.9 Å². The molecule has 1 N–H and O–H groups in total. The van der Waals surface area contributed by atoms with Gasteiger partial charge in [-0.2, -0.15) is 0 Å². The molecule has 1 aromatic heterocycles. The Morgan fingerprint density at radius 2 is 2.00 bits per heavy atom. The molecule has 1 heterocycles. The van der Waals surface area contributed by atoms with E-state index in [9.17, 15) is 5.11 Å². The number of aliphatic hydroxyl groups excluding tert-OH is 1. The summed E-state index contributed by atoms with van der Waals surface area (Å²) >= 11 is 0. The molecule has 0 saturated carbocycles.